The second-order valence-corrected chi connectivity index (χ2v) is 5.70. The number of rotatable bonds is 5. The molecule has 0 saturated heterocycles. The van der Waals surface area contributed by atoms with Crippen LogP contribution in [0.2, 0.25) is 0 Å². The molecular formula is C18H18N4O4. The van der Waals surface area contributed by atoms with E-state index < -0.39 is 0 Å². The van der Waals surface area contributed by atoms with Crippen LogP contribution < -0.4 is 30.0 Å². The fraction of sp³-hybridized carbons (Fsp3) is 0.222. The Morgan fingerprint density at radius 2 is 1.81 bits per heavy atom. The average molecular weight is 354 g/mol. The molecule has 3 aromatic rings. The van der Waals surface area contributed by atoms with Crippen molar-refractivity contribution in [3.05, 3.63) is 35.9 Å². The van der Waals surface area contributed by atoms with Crippen molar-refractivity contribution in [2.75, 3.05) is 32.1 Å². The number of methoxy groups -OCH3 is 2. The molecule has 8 nitrogen and oxygen atoms in total. The van der Waals surface area contributed by atoms with Gasteiger partial charge in [0.15, 0.2) is 23.0 Å². The van der Waals surface area contributed by atoms with E-state index in [1.165, 1.54) is 0 Å². The summed E-state index contributed by atoms with van der Waals surface area (Å²) in [6.45, 7) is 0.775. The summed E-state index contributed by atoms with van der Waals surface area (Å²) < 4.78 is 21.3. The van der Waals surface area contributed by atoms with Gasteiger partial charge in [0.2, 0.25) is 12.7 Å². The summed E-state index contributed by atoms with van der Waals surface area (Å²) in [6, 6.07) is 9.31. The number of anilines is 2. The fourth-order valence-electron chi connectivity index (χ4n) is 2.79. The molecule has 26 heavy (non-hydrogen) atoms. The zero-order valence-corrected chi connectivity index (χ0v) is 14.4. The monoisotopic (exact) mass is 354 g/mol. The van der Waals surface area contributed by atoms with Crippen molar-refractivity contribution in [3.8, 4) is 23.0 Å². The van der Waals surface area contributed by atoms with E-state index in [-0.39, 0.29) is 6.79 Å². The lowest BCUT2D eigenvalue weighted by molar-refractivity contribution is 0.174. The van der Waals surface area contributed by atoms with Gasteiger partial charge in [-0.1, -0.05) is 6.07 Å². The highest BCUT2D eigenvalue weighted by atomic mass is 16.7. The minimum Gasteiger partial charge on any atom is -0.493 e. The number of nitrogens with one attached hydrogen (secondary N) is 1. The Labute approximate surface area is 149 Å². The van der Waals surface area contributed by atoms with Crippen molar-refractivity contribution in [3.63, 3.8) is 0 Å². The first-order chi connectivity index (χ1) is 12.7. The van der Waals surface area contributed by atoms with E-state index in [2.05, 4.69) is 15.3 Å². The van der Waals surface area contributed by atoms with Gasteiger partial charge in [0.1, 0.15) is 5.82 Å². The van der Waals surface area contributed by atoms with Crippen LogP contribution in [-0.4, -0.2) is 31.0 Å². The molecule has 2 heterocycles. The summed E-state index contributed by atoms with van der Waals surface area (Å²) in [5.74, 6) is 3.45. The molecular weight excluding hydrogens is 336 g/mol. The first-order valence-corrected chi connectivity index (χ1v) is 7.99. The largest absolute Gasteiger partial charge is 0.493 e. The lowest BCUT2D eigenvalue weighted by atomic mass is 10.2. The molecule has 0 bridgehead atoms. The number of nitrogens with two attached hydrogens (primary N) is 1. The summed E-state index contributed by atoms with van der Waals surface area (Å²) in [6.07, 6.45) is 0. The molecule has 0 aliphatic carbocycles. The molecule has 2 aromatic carbocycles. The van der Waals surface area contributed by atoms with Gasteiger partial charge in [-0.3, -0.25) is 0 Å². The Hall–Kier alpha value is -3.42. The predicted molar refractivity (Wildman–Crippen MR) is 96.9 cm³/mol. The topological polar surface area (TPSA) is 101 Å². The third-order valence-electron chi connectivity index (χ3n) is 4.12. The van der Waals surface area contributed by atoms with Crippen LogP contribution in [0.3, 0.4) is 0 Å². The normalized spacial score (nSPS) is 12.2. The van der Waals surface area contributed by atoms with Crippen LogP contribution in [0.5, 0.6) is 23.0 Å². The average Bonchev–Trinajstić information content (AvgIpc) is 3.13. The maximum Gasteiger partial charge on any atom is 0.231 e. The fourth-order valence-corrected chi connectivity index (χ4v) is 2.79. The van der Waals surface area contributed by atoms with Crippen LogP contribution in [0, 0.1) is 0 Å². The van der Waals surface area contributed by atoms with E-state index in [4.69, 9.17) is 24.7 Å². The van der Waals surface area contributed by atoms with Gasteiger partial charge in [-0.2, -0.15) is 4.98 Å². The zero-order chi connectivity index (χ0) is 18.1. The number of benzene rings is 2. The van der Waals surface area contributed by atoms with E-state index in [1.54, 1.807) is 26.4 Å². The van der Waals surface area contributed by atoms with Crippen LogP contribution >= 0.6 is 0 Å². The van der Waals surface area contributed by atoms with Crippen molar-refractivity contribution >= 4 is 22.7 Å². The maximum absolute atomic E-state index is 6.09. The quantitative estimate of drug-likeness (QED) is 0.721. The van der Waals surface area contributed by atoms with Crippen molar-refractivity contribution in [1.29, 1.82) is 0 Å². The van der Waals surface area contributed by atoms with Crippen LogP contribution in [-0.2, 0) is 6.54 Å². The minimum absolute atomic E-state index is 0.252. The van der Waals surface area contributed by atoms with Crippen LogP contribution in [0.1, 0.15) is 5.56 Å². The molecule has 0 spiro atoms. The number of aromatic nitrogens is 2. The summed E-state index contributed by atoms with van der Waals surface area (Å²) in [5, 5.41) is 3.89. The van der Waals surface area contributed by atoms with E-state index >= 15 is 0 Å². The van der Waals surface area contributed by atoms with Gasteiger partial charge in [-0.15, -0.1) is 0 Å². The van der Waals surface area contributed by atoms with Crippen molar-refractivity contribution < 1.29 is 18.9 Å². The van der Waals surface area contributed by atoms with E-state index in [0.717, 1.165) is 17.1 Å². The van der Waals surface area contributed by atoms with E-state index in [9.17, 15) is 0 Å². The Morgan fingerprint density at radius 1 is 1.04 bits per heavy atom. The molecule has 134 valence electrons. The van der Waals surface area contributed by atoms with Crippen LogP contribution in [0.4, 0.5) is 11.8 Å². The first-order valence-electron chi connectivity index (χ1n) is 7.99. The number of nitrogens with zero attached hydrogens (tertiary/aromatic N) is 2. The Bertz CT molecular complexity index is 977. The highest BCUT2D eigenvalue weighted by molar-refractivity contribution is 5.91. The standard InChI is InChI=1S/C18H18N4O4/c1-23-14-6-11-12(7-15(14)24-2)21-18(22-17(11)19)20-8-10-3-4-13-16(5-10)26-9-25-13/h3-7H,8-9H2,1-2H3,(H3,19,20,21,22). The van der Waals surface area contributed by atoms with Gasteiger partial charge in [0.05, 0.1) is 19.7 Å². The van der Waals surface area contributed by atoms with Crippen molar-refractivity contribution in [2.24, 2.45) is 0 Å². The molecule has 4 rings (SSSR count). The van der Waals surface area contributed by atoms with Crippen molar-refractivity contribution in [1.82, 2.24) is 9.97 Å². The summed E-state index contributed by atoms with van der Waals surface area (Å²) >= 11 is 0. The maximum atomic E-state index is 6.09. The van der Waals surface area contributed by atoms with Gasteiger partial charge < -0.3 is 30.0 Å². The number of hydrogen-bond donors (Lipinski definition) is 2. The molecule has 0 saturated carbocycles. The smallest absolute Gasteiger partial charge is 0.231 e. The summed E-state index contributed by atoms with van der Waals surface area (Å²) in [4.78, 5) is 8.84. The van der Waals surface area contributed by atoms with Gasteiger partial charge in [-0.25, -0.2) is 4.98 Å². The molecule has 0 fully saturated rings. The molecule has 3 N–H and O–H groups in total. The Kier molecular flexibility index (Phi) is 4.00. The third-order valence-corrected chi connectivity index (χ3v) is 4.12. The molecule has 0 unspecified atom stereocenters. The van der Waals surface area contributed by atoms with Gasteiger partial charge in [0.25, 0.3) is 0 Å². The summed E-state index contributed by atoms with van der Waals surface area (Å²) in [7, 11) is 3.15. The van der Waals surface area contributed by atoms with Gasteiger partial charge in [0, 0.05) is 18.0 Å². The van der Waals surface area contributed by atoms with Crippen molar-refractivity contribution in [2.45, 2.75) is 6.54 Å². The van der Waals surface area contributed by atoms with E-state index in [0.29, 0.717) is 40.7 Å². The van der Waals surface area contributed by atoms with Gasteiger partial charge in [-0.05, 0) is 23.8 Å². The second kappa shape index (κ2) is 6.47. The second-order valence-electron chi connectivity index (χ2n) is 5.70. The molecule has 1 aliphatic rings. The Balaban J connectivity index is 1.60. The van der Waals surface area contributed by atoms with E-state index in [1.807, 2.05) is 18.2 Å². The molecule has 1 aliphatic heterocycles. The lowest BCUT2D eigenvalue weighted by Gasteiger charge is -2.12. The molecule has 0 radical (unpaired) electrons. The SMILES string of the molecule is COc1cc2nc(NCc3ccc4c(c3)OCO4)nc(N)c2cc1OC. The highest BCUT2D eigenvalue weighted by Crippen LogP contribution is 2.34. The Morgan fingerprint density at radius 3 is 2.62 bits per heavy atom. The molecule has 0 atom stereocenters. The molecule has 1 aromatic heterocycles. The first kappa shape index (κ1) is 16.1. The minimum atomic E-state index is 0.252. The van der Waals surface area contributed by atoms with Crippen LogP contribution in [0.25, 0.3) is 10.9 Å². The number of nitrogen functional groups attached to an aromatic ring is 1. The summed E-state index contributed by atoms with van der Waals surface area (Å²) in [5.41, 5.74) is 7.78. The highest BCUT2D eigenvalue weighted by Gasteiger charge is 2.14. The lowest BCUT2D eigenvalue weighted by Crippen LogP contribution is -2.06. The molecule has 0 amide bonds. The number of fused-ring (bicyclic) bond motifs is 2. The van der Waals surface area contributed by atoms with Gasteiger partial charge >= 0.3 is 0 Å². The zero-order valence-electron chi connectivity index (χ0n) is 14.4. The number of ether oxygens (including phenoxy) is 4. The third kappa shape index (κ3) is 2.85. The predicted octanol–water partition coefficient (Wildman–Crippen LogP) is 2.57. The number of hydrogen-bond acceptors (Lipinski definition) is 8. The molecule has 8 heteroatoms. The van der Waals surface area contributed by atoms with Crippen LogP contribution in [0.15, 0.2) is 30.3 Å².